The third-order valence-electron chi connectivity index (χ3n) is 1.71. The van der Waals surface area contributed by atoms with Crippen LogP contribution in [0.25, 0.3) is 0 Å². The summed E-state index contributed by atoms with van der Waals surface area (Å²) in [5, 5.41) is 14.5. The van der Waals surface area contributed by atoms with Gasteiger partial charge in [0.2, 0.25) is 5.91 Å². The maximum absolute atomic E-state index is 11.0. The first-order chi connectivity index (χ1) is 7.23. The summed E-state index contributed by atoms with van der Waals surface area (Å²) in [6, 6.07) is -0.883. The number of nitrogens with two attached hydrogens (primary N) is 1. The fraction of sp³-hybridized carbons (Fsp3) is 0.778. The van der Waals surface area contributed by atoms with Crippen molar-refractivity contribution in [3.8, 4) is 0 Å². The van der Waals surface area contributed by atoms with E-state index < -0.39 is 17.5 Å². The van der Waals surface area contributed by atoms with Crippen molar-refractivity contribution in [2.24, 2.45) is 5.73 Å². The lowest BCUT2D eigenvalue weighted by atomic mass is 10.1. The molecule has 7 heteroatoms. The van der Waals surface area contributed by atoms with Crippen molar-refractivity contribution < 1.29 is 14.7 Å². The summed E-state index contributed by atoms with van der Waals surface area (Å²) in [5.74, 6) is -0.520. The van der Waals surface area contributed by atoms with Crippen molar-refractivity contribution in [3.63, 3.8) is 0 Å². The summed E-state index contributed by atoms with van der Waals surface area (Å²) in [5.41, 5.74) is 3.83. The molecule has 1 atom stereocenters. The van der Waals surface area contributed by atoms with E-state index in [9.17, 15) is 14.7 Å². The number of rotatable bonds is 6. The molecular formula is C9H20N4O3. The van der Waals surface area contributed by atoms with Crippen LogP contribution >= 0.6 is 0 Å². The van der Waals surface area contributed by atoms with Crippen LogP contribution in [0.1, 0.15) is 6.92 Å². The molecular weight excluding hydrogens is 212 g/mol. The lowest BCUT2D eigenvalue weighted by Gasteiger charge is -2.27. The van der Waals surface area contributed by atoms with Gasteiger partial charge in [0.1, 0.15) is 0 Å². The van der Waals surface area contributed by atoms with Crippen LogP contribution < -0.4 is 16.4 Å². The highest BCUT2D eigenvalue weighted by atomic mass is 16.3. The van der Waals surface area contributed by atoms with Gasteiger partial charge in [0.25, 0.3) is 0 Å². The zero-order chi connectivity index (χ0) is 12.8. The van der Waals surface area contributed by atoms with Gasteiger partial charge in [-0.25, -0.2) is 4.79 Å². The van der Waals surface area contributed by atoms with Crippen molar-refractivity contribution in [1.82, 2.24) is 15.5 Å². The van der Waals surface area contributed by atoms with Gasteiger partial charge in [0.15, 0.2) is 0 Å². The first-order valence-electron chi connectivity index (χ1n) is 4.90. The second-order valence-corrected chi connectivity index (χ2v) is 4.25. The van der Waals surface area contributed by atoms with Gasteiger partial charge in [-0.05, 0) is 21.0 Å². The summed E-state index contributed by atoms with van der Waals surface area (Å²) in [4.78, 5) is 23.2. The number of hydrogen-bond donors (Lipinski definition) is 4. The minimum atomic E-state index is -0.934. The van der Waals surface area contributed by atoms with Gasteiger partial charge in [-0.2, -0.15) is 0 Å². The van der Waals surface area contributed by atoms with Gasteiger partial charge in [-0.3, -0.25) is 10.1 Å². The molecule has 5 N–H and O–H groups in total. The van der Waals surface area contributed by atoms with Crippen LogP contribution in [0.15, 0.2) is 0 Å². The Morgan fingerprint density at radius 1 is 1.44 bits per heavy atom. The molecule has 0 saturated carbocycles. The third kappa shape index (κ3) is 8.16. The van der Waals surface area contributed by atoms with Gasteiger partial charge < -0.3 is 21.1 Å². The van der Waals surface area contributed by atoms with Crippen LogP contribution in [0.5, 0.6) is 0 Å². The van der Waals surface area contributed by atoms with E-state index in [1.165, 1.54) is 0 Å². The molecule has 0 bridgehead atoms. The second-order valence-electron chi connectivity index (χ2n) is 4.25. The Hall–Kier alpha value is -1.18. The lowest BCUT2D eigenvalue weighted by Crippen LogP contribution is -2.48. The number of nitrogens with zero attached hydrogens (tertiary/aromatic N) is 1. The maximum atomic E-state index is 11.0. The molecule has 3 amide bonds. The molecule has 0 aromatic heterocycles. The van der Waals surface area contributed by atoms with Crippen LogP contribution in [0, 0.1) is 0 Å². The minimum absolute atomic E-state index is 0.0630. The number of carbonyl (C=O) groups is 2. The van der Waals surface area contributed by atoms with E-state index in [2.05, 4.69) is 5.32 Å². The number of carbonyl (C=O) groups excluding carboxylic acids is 2. The Balaban J connectivity index is 3.80. The number of aliphatic hydroxyl groups is 1. The van der Waals surface area contributed by atoms with Gasteiger partial charge in [0, 0.05) is 13.1 Å². The Kier molecular flexibility index (Phi) is 5.94. The van der Waals surface area contributed by atoms with E-state index in [1.54, 1.807) is 6.92 Å². The number of urea groups is 1. The van der Waals surface area contributed by atoms with Crippen LogP contribution in [0.4, 0.5) is 4.79 Å². The molecule has 0 spiro atoms. The molecule has 0 aliphatic carbocycles. The van der Waals surface area contributed by atoms with E-state index >= 15 is 0 Å². The predicted octanol–water partition coefficient (Wildman–Crippen LogP) is -1.92. The predicted molar refractivity (Wildman–Crippen MR) is 59.8 cm³/mol. The standard InChI is InChI=1S/C9H20N4O3/c1-9(16,6-13(2)3)5-11-4-7(14)12-8(10)15/h11,16H,4-6H2,1-3H3,(H3,10,12,14,15). The van der Waals surface area contributed by atoms with E-state index in [0.29, 0.717) is 6.54 Å². The largest absolute Gasteiger partial charge is 0.388 e. The highest BCUT2D eigenvalue weighted by Gasteiger charge is 2.21. The van der Waals surface area contributed by atoms with Crippen molar-refractivity contribution in [1.29, 1.82) is 0 Å². The monoisotopic (exact) mass is 232 g/mol. The molecule has 0 rings (SSSR count). The molecule has 0 radical (unpaired) electrons. The zero-order valence-electron chi connectivity index (χ0n) is 9.91. The SMILES string of the molecule is CN(C)CC(C)(O)CNCC(=O)NC(N)=O. The number of nitrogens with one attached hydrogen (secondary N) is 2. The fourth-order valence-electron chi connectivity index (χ4n) is 1.36. The summed E-state index contributed by atoms with van der Waals surface area (Å²) in [6.45, 7) is 2.31. The molecule has 0 aliphatic heterocycles. The van der Waals surface area contributed by atoms with E-state index in [4.69, 9.17) is 5.73 Å². The molecule has 0 aromatic rings. The second kappa shape index (κ2) is 6.41. The zero-order valence-corrected chi connectivity index (χ0v) is 9.91. The van der Waals surface area contributed by atoms with Gasteiger partial charge in [-0.15, -0.1) is 0 Å². The lowest BCUT2D eigenvalue weighted by molar-refractivity contribution is -0.119. The fourth-order valence-corrected chi connectivity index (χ4v) is 1.36. The molecule has 16 heavy (non-hydrogen) atoms. The van der Waals surface area contributed by atoms with Crippen LogP contribution in [-0.2, 0) is 4.79 Å². The van der Waals surface area contributed by atoms with Gasteiger partial charge in [0.05, 0.1) is 12.1 Å². The molecule has 1 unspecified atom stereocenters. The average Bonchev–Trinajstić information content (AvgIpc) is 1.98. The Morgan fingerprint density at radius 2 is 2.00 bits per heavy atom. The minimum Gasteiger partial charge on any atom is -0.388 e. The summed E-state index contributed by atoms with van der Waals surface area (Å²) in [6.07, 6.45) is 0. The van der Waals surface area contributed by atoms with Crippen molar-refractivity contribution in [2.75, 3.05) is 33.7 Å². The topological polar surface area (TPSA) is 108 Å². The Bertz CT molecular complexity index is 253. The van der Waals surface area contributed by atoms with Crippen molar-refractivity contribution in [3.05, 3.63) is 0 Å². The Labute approximate surface area is 95.0 Å². The molecule has 0 saturated heterocycles. The summed E-state index contributed by atoms with van der Waals surface area (Å²) >= 11 is 0. The number of primary amides is 1. The molecule has 0 heterocycles. The Morgan fingerprint density at radius 3 is 2.44 bits per heavy atom. The molecule has 0 aliphatic rings. The van der Waals surface area contributed by atoms with E-state index in [-0.39, 0.29) is 13.1 Å². The van der Waals surface area contributed by atoms with Crippen molar-refractivity contribution >= 4 is 11.9 Å². The van der Waals surface area contributed by atoms with Crippen LogP contribution in [0.2, 0.25) is 0 Å². The number of hydrogen-bond acceptors (Lipinski definition) is 5. The first kappa shape index (κ1) is 14.8. The molecule has 94 valence electrons. The smallest absolute Gasteiger partial charge is 0.318 e. The number of likely N-dealkylation sites (N-methyl/N-ethyl adjacent to an activating group) is 1. The highest BCUT2D eigenvalue weighted by Crippen LogP contribution is 2.01. The van der Waals surface area contributed by atoms with Crippen molar-refractivity contribution in [2.45, 2.75) is 12.5 Å². The van der Waals surface area contributed by atoms with Crippen LogP contribution in [-0.4, -0.2) is 61.3 Å². The normalized spacial score (nSPS) is 14.6. The molecule has 0 fully saturated rings. The van der Waals surface area contributed by atoms with Gasteiger partial charge in [-0.1, -0.05) is 0 Å². The maximum Gasteiger partial charge on any atom is 0.318 e. The number of imide groups is 1. The van der Waals surface area contributed by atoms with Gasteiger partial charge >= 0.3 is 6.03 Å². The average molecular weight is 232 g/mol. The highest BCUT2D eigenvalue weighted by molar-refractivity contribution is 5.94. The third-order valence-corrected chi connectivity index (χ3v) is 1.71. The summed E-state index contributed by atoms with van der Waals surface area (Å²) < 4.78 is 0. The number of amides is 3. The van der Waals surface area contributed by atoms with E-state index in [1.807, 2.05) is 24.3 Å². The van der Waals surface area contributed by atoms with E-state index in [0.717, 1.165) is 0 Å². The molecule has 7 nitrogen and oxygen atoms in total. The first-order valence-corrected chi connectivity index (χ1v) is 4.90. The quantitative estimate of drug-likeness (QED) is 0.427. The molecule has 0 aromatic carbocycles. The summed E-state index contributed by atoms with van der Waals surface area (Å²) in [7, 11) is 3.68. The van der Waals surface area contributed by atoms with Crippen LogP contribution in [0.3, 0.4) is 0 Å².